The second-order valence-electron chi connectivity index (χ2n) is 7.93. The molecule has 1 aliphatic carbocycles. The Morgan fingerprint density at radius 2 is 2.10 bits per heavy atom. The van der Waals surface area contributed by atoms with Crippen LogP contribution in [0.1, 0.15) is 18.4 Å². The lowest BCUT2D eigenvalue weighted by molar-refractivity contribution is -0.125. The number of pyridine rings is 1. The summed E-state index contributed by atoms with van der Waals surface area (Å²) in [5.41, 5.74) is 0.506. The number of nitrogens with zero attached hydrogens (tertiary/aromatic N) is 3. The Hall–Kier alpha value is -3.24. The highest BCUT2D eigenvalue weighted by Crippen LogP contribution is 2.54. The van der Waals surface area contributed by atoms with Crippen LogP contribution in [0.25, 0.3) is 0 Å². The van der Waals surface area contributed by atoms with E-state index in [0.29, 0.717) is 24.7 Å². The third kappa shape index (κ3) is 3.66. The van der Waals surface area contributed by atoms with E-state index in [0.717, 1.165) is 18.4 Å². The second kappa shape index (κ2) is 8.25. The van der Waals surface area contributed by atoms with E-state index in [1.165, 1.54) is 0 Å². The molecule has 1 aromatic heterocycles. The molecule has 2 aromatic rings. The number of hydrogen-bond acceptors (Lipinski definition) is 5. The fourth-order valence-corrected chi connectivity index (χ4v) is 4.35. The van der Waals surface area contributed by atoms with Crippen LogP contribution in [-0.2, 0) is 20.7 Å². The van der Waals surface area contributed by atoms with Gasteiger partial charge in [-0.2, -0.15) is 5.26 Å². The quantitative estimate of drug-likeness (QED) is 0.766. The van der Waals surface area contributed by atoms with Gasteiger partial charge in [0.15, 0.2) is 0 Å². The average Bonchev–Trinajstić information content (AvgIpc) is 3.55. The number of carbonyl (C=O) groups is 2. The van der Waals surface area contributed by atoms with Crippen molar-refractivity contribution >= 4 is 23.3 Å². The first-order valence-electron chi connectivity index (χ1n) is 10.1. The van der Waals surface area contributed by atoms with Crippen molar-refractivity contribution < 1.29 is 14.3 Å². The maximum atomic E-state index is 13.3. The first kappa shape index (κ1) is 20.0. The van der Waals surface area contributed by atoms with Crippen molar-refractivity contribution in [3.63, 3.8) is 0 Å². The molecule has 1 saturated heterocycles. The van der Waals surface area contributed by atoms with Gasteiger partial charge in [0.25, 0.3) is 0 Å². The van der Waals surface area contributed by atoms with Crippen molar-refractivity contribution in [2.45, 2.75) is 19.3 Å². The van der Waals surface area contributed by atoms with Crippen molar-refractivity contribution in [3.8, 4) is 6.07 Å². The van der Waals surface area contributed by atoms with Gasteiger partial charge in [0, 0.05) is 37.5 Å². The number of benzene rings is 1. The molecular weight excluding hydrogens is 380 g/mol. The van der Waals surface area contributed by atoms with Gasteiger partial charge in [0.1, 0.15) is 11.2 Å². The fraction of sp³-hybridized carbons (Fsp3) is 0.391. The third-order valence-electron chi connectivity index (χ3n) is 5.95. The molecule has 4 rings (SSSR count). The number of hydrogen-bond donors (Lipinski definition) is 1. The van der Waals surface area contributed by atoms with Gasteiger partial charge in [-0.1, -0.05) is 30.3 Å². The van der Waals surface area contributed by atoms with Gasteiger partial charge < -0.3 is 15.0 Å². The van der Waals surface area contributed by atoms with Crippen molar-refractivity contribution in [2.24, 2.45) is 17.3 Å². The summed E-state index contributed by atoms with van der Waals surface area (Å²) in [5.74, 6) is -0.0725. The van der Waals surface area contributed by atoms with E-state index >= 15 is 0 Å². The maximum Gasteiger partial charge on any atom is 0.248 e. The molecule has 2 aliphatic rings. The van der Waals surface area contributed by atoms with Crippen LogP contribution in [0, 0.1) is 28.6 Å². The van der Waals surface area contributed by atoms with E-state index in [1.54, 1.807) is 30.3 Å². The largest absolute Gasteiger partial charge is 0.384 e. The predicted octanol–water partition coefficient (Wildman–Crippen LogP) is 2.79. The smallest absolute Gasteiger partial charge is 0.248 e. The zero-order valence-corrected chi connectivity index (χ0v) is 16.9. The minimum atomic E-state index is -1.03. The minimum absolute atomic E-state index is 0.0898. The number of methoxy groups -OCH3 is 1. The molecule has 1 aliphatic heterocycles. The Labute approximate surface area is 175 Å². The van der Waals surface area contributed by atoms with Gasteiger partial charge in [0.05, 0.1) is 19.1 Å². The lowest BCUT2D eigenvalue weighted by Gasteiger charge is -2.24. The molecule has 2 heterocycles. The number of aromatic nitrogens is 1. The normalized spacial score (nSPS) is 23.3. The summed E-state index contributed by atoms with van der Waals surface area (Å²) in [6.45, 7) is 0.774. The lowest BCUT2D eigenvalue weighted by atomic mass is 9.75. The van der Waals surface area contributed by atoms with Crippen LogP contribution in [0.2, 0.25) is 0 Å². The number of amides is 2. The fourth-order valence-electron chi connectivity index (χ4n) is 4.35. The third-order valence-corrected chi connectivity index (χ3v) is 5.95. The van der Waals surface area contributed by atoms with Crippen LogP contribution in [0.4, 0.5) is 11.5 Å². The minimum Gasteiger partial charge on any atom is -0.384 e. The van der Waals surface area contributed by atoms with Crippen LogP contribution in [0.15, 0.2) is 48.7 Å². The van der Waals surface area contributed by atoms with Crippen LogP contribution in [0.5, 0.6) is 0 Å². The number of carbonyl (C=O) groups excluding carboxylic acids is 2. The zero-order chi connectivity index (χ0) is 21.1. The zero-order valence-electron chi connectivity index (χ0n) is 16.9. The van der Waals surface area contributed by atoms with Gasteiger partial charge in [-0.15, -0.1) is 0 Å². The molecule has 0 radical (unpaired) electrons. The highest BCUT2D eigenvalue weighted by atomic mass is 16.5. The molecular formula is C23H24N4O3. The summed E-state index contributed by atoms with van der Waals surface area (Å²) in [6, 6.07) is 15.2. The molecule has 7 heteroatoms. The molecule has 2 unspecified atom stereocenters. The van der Waals surface area contributed by atoms with Crippen LogP contribution < -0.4 is 10.2 Å². The van der Waals surface area contributed by atoms with Gasteiger partial charge in [-0.05, 0) is 30.4 Å². The van der Waals surface area contributed by atoms with Crippen LogP contribution in [0.3, 0.4) is 0 Å². The summed E-state index contributed by atoms with van der Waals surface area (Å²) in [4.78, 5) is 31.6. The Kier molecular flexibility index (Phi) is 5.51. The molecule has 0 spiro atoms. The first-order chi connectivity index (χ1) is 14.6. The Morgan fingerprint density at radius 3 is 2.77 bits per heavy atom. The number of rotatable bonds is 7. The van der Waals surface area contributed by atoms with Crippen molar-refractivity contribution in [1.29, 1.82) is 5.26 Å². The van der Waals surface area contributed by atoms with E-state index in [-0.39, 0.29) is 30.1 Å². The molecule has 1 N–H and O–H groups in total. The number of anilines is 2. The second-order valence-corrected chi connectivity index (χ2v) is 7.93. The molecule has 30 heavy (non-hydrogen) atoms. The first-order valence-corrected chi connectivity index (χ1v) is 10.1. The molecule has 154 valence electrons. The predicted molar refractivity (Wildman–Crippen MR) is 112 cm³/mol. The van der Waals surface area contributed by atoms with Gasteiger partial charge in [0.2, 0.25) is 11.8 Å². The summed E-state index contributed by atoms with van der Waals surface area (Å²) in [7, 11) is 1.59. The lowest BCUT2D eigenvalue weighted by Crippen LogP contribution is -2.38. The van der Waals surface area contributed by atoms with E-state index in [2.05, 4.69) is 16.4 Å². The van der Waals surface area contributed by atoms with Crippen LogP contribution >= 0.6 is 0 Å². The van der Waals surface area contributed by atoms with E-state index in [4.69, 9.17) is 4.74 Å². The molecule has 2 fully saturated rings. The number of ether oxygens (including phenoxy) is 1. The molecule has 0 bridgehead atoms. The summed E-state index contributed by atoms with van der Waals surface area (Å²) < 4.78 is 5.33. The maximum absolute atomic E-state index is 13.3. The van der Waals surface area contributed by atoms with Gasteiger partial charge >= 0.3 is 0 Å². The standard InChI is InChI=1S/C23H24N4O3/c1-30-14-18-13-27(22(29)23(18,15-24)17-7-8-17)19-9-10-25-20(12-19)26-21(28)11-16-5-3-2-4-6-16/h2-6,9-10,12,17-18H,7-8,11,13-14H2,1H3,(H,25,26,28). The van der Waals surface area contributed by atoms with Gasteiger partial charge in [-0.25, -0.2) is 4.98 Å². The van der Waals surface area contributed by atoms with Crippen LogP contribution in [-0.4, -0.2) is 37.1 Å². The van der Waals surface area contributed by atoms with E-state index in [1.807, 2.05) is 30.3 Å². The van der Waals surface area contributed by atoms with Crippen molar-refractivity contribution in [3.05, 3.63) is 54.2 Å². The number of nitrogens with one attached hydrogen (secondary N) is 1. The Bertz CT molecular complexity index is 983. The average molecular weight is 404 g/mol. The SMILES string of the molecule is COCC1CN(c2ccnc(NC(=O)Cc3ccccc3)c2)C(=O)C1(C#N)C1CC1. The molecule has 1 aromatic carbocycles. The number of nitriles is 1. The highest BCUT2D eigenvalue weighted by molar-refractivity contribution is 6.03. The molecule has 2 atom stereocenters. The Morgan fingerprint density at radius 1 is 1.33 bits per heavy atom. The van der Waals surface area contributed by atoms with Gasteiger partial charge in [-0.3, -0.25) is 9.59 Å². The van der Waals surface area contributed by atoms with Crippen molar-refractivity contribution in [2.75, 3.05) is 30.5 Å². The summed E-state index contributed by atoms with van der Waals surface area (Å²) in [5, 5.41) is 12.7. The molecule has 7 nitrogen and oxygen atoms in total. The topological polar surface area (TPSA) is 95.3 Å². The molecule has 2 amide bonds. The van der Waals surface area contributed by atoms with E-state index in [9.17, 15) is 14.9 Å². The monoisotopic (exact) mass is 404 g/mol. The Balaban J connectivity index is 1.53. The van der Waals surface area contributed by atoms with Crippen molar-refractivity contribution in [1.82, 2.24) is 4.98 Å². The summed E-state index contributed by atoms with van der Waals surface area (Å²) in [6.07, 6.45) is 3.59. The highest BCUT2D eigenvalue weighted by Gasteiger charge is 2.62. The summed E-state index contributed by atoms with van der Waals surface area (Å²) >= 11 is 0. The van der Waals surface area contributed by atoms with E-state index < -0.39 is 5.41 Å². The molecule has 1 saturated carbocycles.